The fourth-order valence-corrected chi connectivity index (χ4v) is 4.51. The van der Waals surface area contributed by atoms with Crippen LogP contribution in [0.3, 0.4) is 0 Å². The molecule has 9 heteroatoms. The summed E-state index contributed by atoms with van der Waals surface area (Å²) in [7, 11) is -3.70. The molecule has 0 bridgehead atoms. The SMILES string of the molecule is CCOP(=O)(OCC)c1cc(Br)ccc1NC(=O)c1ccc(F)cc1F. The second-order valence-corrected chi connectivity index (χ2v) is 7.98. The molecule has 0 spiro atoms. The van der Waals surface area contributed by atoms with Crippen LogP contribution in [-0.2, 0) is 13.6 Å². The Morgan fingerprint density at radius 2 is 1.77 bits per heavy atom. The molecule has 26 heavy (non-hydrogen) atoms. The van der Waals surface area contributed by atoms with Crippen molar-refractivity contribution in [1.82, 2.24) is 0 Å². The van der Waals surface area contributed by atoms with E-state index in [0.717, 1.165) is 12.1 Å². The fourth-order valence-electron chi connectivity index (χ4n) is 2.22. The van der Waals surface area contributed by atoms with Crippen molar-refractivity contribution in [3.63, 3.8) is 0 Å². The number of nitrogens with one attached hydrogen (secondary N) is 1. The van der Waals surface area contributed by atoms with E-state index in [-0.39, 0.29) is 29.8 Å². The van der Waals surface area contributed by atoms with Gasteiger partial charge in [-0.3, -0.25) is 9.36 Å². The zero-order chi connectivity index (χ0) is 19.3. The highest BCUT2D eigenvalue weighted by atomic mass is 79.9. The van der Waals surface area contributed by atoms with E-state index in [1.54, 1.807) is 19.9 Å². The van der Waals surface area contributed by atoms with Gasteiger partial charge in [0.05, 0.1) is 29.8 Å². The zero-order valence-corrected chi connectivity index (χ0v) is 16.6. The molecule has 5 nitrogen and oxygen atoms in total. The lowest BCUT2D eigenvalue weighted by molar-refractivity contribution is 0.102. The molecular formula is C17H17BrF2NO4P. The monoisotopic (exact) mass is 447 g/mol. The Kier molecular flexibility index (Phi) is 7.06. The lowest BCUT2D eigenvalue weighted by atomic mass is 10.2. The maximum absolute atomic E-state index is 13.8. The van der Waals surface area contributed by atoms with Crippen molar-refractivity contribution < 1.29 is 27.2 Å². The molecule has 0 unspecified atom stereocenters. The number of rotatable bonds is 7. The number of benzene rings is 2. The lowest BCUT2D eigenvalue weighted by Gasteiger charge is -2.20. The van der Waals surface area contributed by atoms with E-state index >= 15 is 0 Å². The smallest absolute Gasteiger partial charge is 0.321 e. The first-order valence-electron chi connectivity index (χ1n) is 7.76. The summed E-state index contributed by atoms with van der Waals surface area (Å²) in [6, 6.07) is 7.23. The third-order valence-corrected chi connectivity index (χ3v) is 5.93. The van der Waals surface area contributed by atoms with Crippen molar-refractivity contribution in [1.29, 1.82) is 0 Å². The van der Waals surface area contributed by atoms with Crippen LogP contribution in [-0.4, -0.2) is 19.1 Å². The van der Waals surface area contributed by atoms with Crippen LogP contribution < -0.4 is 10.6 Å². The number of hydrogen-bond acceptors (Lipinski definition) is 4. The van der Waals surface area contributed by atoms with Crippen LogP contribution in [0, 0.1) is 11.6 Å². The highest BCUT2D eigenvalue weighted by molar-refractivity contribution is 9.10. The summed E-state index contributed by atoms with van der Waals surface area (Å²) in [6.45, 7) is 3.58. The number of hydrogen-bond donors (Lipinski definition) is 1. The van der Waals surface area contributed by atoms with Crippen LogP contribution in [0.25, 0.3) is 0 Å². The molecule has 0 aromatic heterocycles. The molecule has 0 aliphatic heterocycles. The molecule has 0 aliphatic rings. The van der Waals surface area contributed by atoms with Crippen molar-refractivity contribution >= 4 is 40.4 Å². The Hall–Kier alpha value is -1.60. The maximum atomic E-state index is 13.8. The third-order valence-electron chi connectivity index (χ3n) is 3.28. The van der Waals surface area contributed by atoms with Crippen LogP contribution in [0.2, 0.25) is 0 Å². The molecule has 2 aromatic carbocycles. The molecule has 0 atom stereocenters. The van der Waals surface area contributed by atoms with Gasteiger partial charge in [-0.05, 0) is 44.2 Å². The average molecular weight is 448 g/mol. The van der Waals surface area contributed by atoms with Crippen LogP contribution in [0.5, 0.6) is 0 Å². The number of carbonyl (C=O) groups is 1. The van der Waals surface area contributed by atoms with Crippen molar-refractivity contribution in [2.24, 2.45) is 0 Å². The van der Waals surface area contributed by atoms with E-state index in [9.17, 15) is 18.1 Å². The number of halogens is 3. The Morgan fingerprint density at radius 3 is 2.35 bits per heavy atom. The van der Waals surface area contributed by atoms with E-state index in [0.29, 0.717) is 10.5 Å². The standard InChI is InChI=1S/C17H17BrF2NO4P/c1-3-24-26(23,25-4-2)16-9-11(18)5-8-15(16)21-17(22)13-7-6-12(19)10-14(13)20/h5-10H,3-4H2,1-2H3,(H,21,22). The summed E-state index contributed by atoms with van der Waals surface area (Å²) in [5.41, 5.74) is -0.199. The fraction of sp³-hybridized carbons (Fsp3) is 0.235. The largest absolute Gasteiger partial charge is 0.363 e. The second-order valence-electron chi connectivity index (χ2n) is 5.07. The predicted molar refractivity (Wildman–Crippen MR) is 98.9 cm³/mol. The summed E-state index contributed by atoms with van der Waals surface area (Å²) < 4.78 is 51.2. The predicted octanol–water partition coefficient (Wildman–Crippen LogP) is 4.87. The molecule has 1 N–H and O–H groups in total. The Morgan fingerprint density at radius 1 is 1.12 bits per heavy atom. The van der Waals surface area contributed by atoms with Crippen molar-refractivity contribution in [3.05, 3.63) is 58.1 Å². The number of amides is 1. The Labute approximate surface area is 158 Å². The molecule has 140 valence electrons. The quantitative estimate of drug-likeness (QED) is 0.614. The second kappa shape index (κ2) is 8.86. The van der Waals surface area contributed by atoms with Crippen LogP contribution in [0.4, 0.5) is 14.5 Å². The molecule has 1 amide bonds. The number of carbonyl (C=O) groups excluding carboxylic acids is 1. The molecule has 0 fully saturated rings. The van der Waals surface area contributed by atoms with Gasteiger partial charge in [-0.2, -0.15) is 0 Å². The molecule has 0 radical (unpaired) electrons. The summed E-state index contributed by atoms with van der Waals surface area (Å²) in [6.07, 6.45) is 0. The van der Waals surface area contributed by atoms with Crippen molar-refractivity contribution in [3.8, 4) is 0 Å². The first-order chi connectivity index (χ1) is 12.3. The van der Waals surface area contributed by atoms with Gasteiger partial charge >= 0.3 is 7.60 Å². The highest BCUT2D eigenvalue weighted by Gasteiger charge is 2.31. The van der Waals surface area contributed by atoms with Gasteiger partial charge < -0.3 is 14.4 Å². The van der Waals surface area contributed by atoms with Gasteiger partial charge in [-0.1, -0.05) is 15.9 Å². The summed E-state index contributed by atoms with van der Waals surface area (Å²) >= 11 is 3.28. The van der Waals surface area contributed by atoms with Crippen LogP contribution in [0.15, 0.2) is 40.9 Å². The van der Waals surface area contributed by atoms with Crippen LogP contribution >= 0.6 is 23.5 Å². The van der Waals surface area contributed by atoms with Gasteiger partial charge in [-0.15, -0.1) is 0 Å². The van der Waals surface area contributed by atoms with E-state index in [1.165, 1.54) is 12.1 Å². The minimum absolute atomic E-state index is 0.129. The van der Waals surface area contributed by atoms with E-state index < -0.39 is 25.1 Å². The molecular weight excluding hydrogens is 431 g/mol. The van der Waals surface area contributed by atoms with Gasteiger partial charge in [-0.25, -0.2) is 8.78 Å². The Bertz CT molecular complexity index is 853. The van der Waals surface area contributed by atoms with Crippen molar-refractivity contribution in [2.75, 3.05) is 18.5 Å². The van der Waals surface area contributed by atoms with Gasteiger partial charge in [0.25, 0.3) is 5.91 Å². The molecule has 0 saturated carbocycles. The van der Waals surface area contributed by atoms with E-state index in [2.05, 4.69) is 21.2 Å². The van der Waals surface area contributed by atoms with E-state index in [4.69, 9.17) is 9.05 Å². The Balaban J connectivity index is 2.43. The zero-order valence-electron chi connectivity index (χ0n) is 14.1. The molecule has 0 heterocycles. The molecule has 0 saturated heterocycles. The first-order valence-corrected chi connectivity index (χ1v) is 10.1. The lowest BCUT2D eigenvalue weighted by Crippen LogP contribution is -2.21. The van der Waals surface area contributed by atoms with Crippen molar-refractivity contribution in [2.45, 2.75) is 13.8 Å². The first kappa shape index (κ1) is 20.7. The topological polar surface area (TPSA) is 64.6 Å². The third kappa shape index (κ3) is 4.76. The van der Waals surface area contributed by atoms with Gasteiger partial charge in [0, 0.05) is 10.5 Å². The summed E-state index contributed by atoms with van der Waals surface area (Å²) in [5, 5.41) is 2.61. The molecule has 2 aromatic rings. The van der Waals surface area contributed by atoms with Gasteiger partial charge in [0.1, 0.15) is 11.6 Å². The van der Waals surface area contributed by atoms with Gasteiger partial charge in [0.15, 0.2) is 0 Å². The number of anilines is 1. The summed E-state index contributed by atoms with van der Waals surface area (Å²) in [5.74, 6) is -2.61. The van der Waals surface area contributed by atoms with Crippen LogP contribution in [0.1, 0.15) is 24.2 Å². The highest BCUT2D eigenvalue weighted by Crippen LogP contribution is 2.49. The maximum Gasteiger partial charge on any atom is 0.363 e. The van der Waals surface area contributed by atoms with E-state index in [1.807, 2.05) is 0 Å². The molecule has 2 rings (SSSR count). The minimum atomic E-state index is -3.70. The molecule has 0 aliphatic carbocycles. The average Bonchev–Trinajstić information content (AvgIpc) is 2.56. The van der Waals surface area contributed by atoms with Gasteiger partial charge in [0.2, 0.25) is 0 Å². The summed E-state index contributed by atoms with van der Waals surface area (Å²) in [4.78, 5) is 12.4. The minimum Gasteiger partial charge on any atom is -0.321 e. The normalized spacial score (nSPS) is 11.4.